The van der Waals surface area contributed by atoms with E-state index in [0.717, 1.165) is 5.56 Å². The molecule has 120 valence electrons. The van der Waals surface area contributed by atoms with Gasteiger partial charge in [0.05, 0.1) is 20.4 Å². The fourth-order valence-electron chi connectivity index (χ4n) is 1.92. The molecule has 2 N–H and O–H groups in total. The standard InChI is InChI=1S/C17H18N2O4/c1-11-4-6-13(7-5-11)17(21)19-18-10-12-8-14(22-2)16(20)15(9-12)23-3/h4-10,20H,1-3H3,(H,19,21)/b18-10+. The summed E-state index contributed by atoms with van der Waals surface area (Å²) in [4.78, 5) is 11.9. The largest absolute Gasteiger partial charge is 0.502 e. The van der Waals surface area contributed by atoms with E-state index in [4.69, 9.17) is 9.47 Å². The van der Waals surface area contributed by atoms with Crippen LogP contribution in [0.5, 0.6) is 17.2 Å². The Hall–Kier alpha value is -3.02. The van der Waals surface area contributed by atoms with E-state index in [9.17, 15) is 9.90 Å². The van der Waals surface area contributed by atoms with E-state index in [-0.39, 0.29) is 23.2 Å². The lowest BCUT2D eigenvalue weighted by molar-refractivity contribution is 0.0955. The number of nitrogens with zero attached hydrogens (tertiary/aromatic N) is 1. The molecule has 6 nitrogen and oxygen atoms in total. The molecule has 0 radical (unpaired) electrons. The van der Waals surface area contributed by atoms with Crippen LogP contribution in [0.4, 0.5) is 0 Å². The van der Waals surface area contributed by atoms with Crippen LogP contribution in [0, 0.1) is 6.92 Å². The van der Waals surface area contributed by atoms with Gasteiger partial charge < -0.3 is 14.6 Å². The molecule has 0 aliphatic rings. The average Bonchev–Trinajstić information content (AvgIpc) is 2.56. The molecule has 2 aromatic rings. The molecule has 0 unspecified atom stereocenters. The Morgan fingerprint density at radius 3 is 2.22 bits per heavy atom. The predicted molar refractivity (Wildman–Crippen MR) is 87.5 cm³/mol. The Bertz CT molecular complexity index is 699. The molecule has 0 aliphatic heterocycles. The van der Waals surface area contributed by atoms with Crippen LogP contribution < -0.4 is 14.9 Å². The van der Waals surface area contributed by atoms with Gasteiger partial charge in [-0.25, -0.2) is 5.43 Å². The van der Waals surface area contributed by atoms with Crippen molar-refractivity contribution in [2.24, 2.45) is 5.10 Å². The number of hydrogen-bond acceptors (Lipinski definition) is 5. The summed E-state index contributed by atoms with van der Waals surface area (Å²) in [5.41, 5.74) is 4.65. The molecule has 6 heteroatoms. The first-order valence-electron chi connectivity index (χ1n) is 6.90. The van der Waals surface area contributed by atoms with Crippen LogP contribution in [0.2, 0.25) is 0 Å². The normalized spacial score (nSPS) is 10.6. The second-order valence-electron chi connectivity index (χ2n) is 4.84. The third-order valence-corrected chi connectivity index (χ3v) is 3.20. The number of phenols is 1. The van der Waals surface area contributed by atoms with E-state index < -0.39 is 0 Å². The number of rotatable bonds is 5. The maximum atomic E-state index is 11.9. The van der Waals surface area contributed by atoms with Crippen molar-refractivity contribution in [3.63, 3.8) is 0 Å². The van der Waals surface area contributed by atoms with E-state index in [1.165, 1.54) is 20.4 Å². The van der Waals surface area contributed by atoms with Crippen molar-refractivity contribution < 1.29 is 19.4 Å². The van der Waals surface area contributed by atoms with Gasteiger partial charge in [-0.1, -0.05) is 17.7 Å². The zero-order chi connectivity index (χ0) is 16.8. The average molecular weight is 314 g/mol. The quantitative estimate of drug-likeness (QED) is 0.656. The summed E-state index contributed by atoms with van der Waals surface area (Å²) in [6.45, 7) is 1.95. The first-order valence-corrected chi connectivity index (χ1v) is 6.90. The minimum absolute atomic E-state index is 0.0872. The molecule has 0 saturated carbocycles. The van der Waals surface area contributed by atoms with E-state index in [1.54, 1.807) is 24.3 Å². The minimum Gasteiger partial charge on any atom is -0.502 e. The van der Waals surface area contributed by atoms with Crippen LogP contribution in [0.25, 0.3) is 0 Å². The zero-order valence-electron chi connectivity index (χ0n) is 13.2. The highest BCUT2D eigenvalue weighted by atomic mass is 16.5. The SMILES string of the molecule is COc1cc(/C=N/NC(=O)c2ccc(C)cc2)cc(OC)c1O. The van der Waals surface area contributed by atoms with Gasteiger partial charge in [-0.2, -0.15) is 5.10 Å². The smallest absolute Gasteiger partial charge is 0.271 e. The third kappa shape index (κ3) is 4.00. The highest BCUT2D eigenvalue weighted by Crippen LogP contribution is 2.36. The van der Waals surface area contributed by atoms with Gasteiger partial charge in [-0.05, 0) is 31.2 Å². The molecular weight excluding hydrogens is 296 g/mol. The molecule has 2 aromatic carbocycles. The summed E-state index contributed by atoms with van der Waals surface area (Å²) in [5.74, 6) is 0.126. The van der Waals surface area contributed by atoms with Crippen molar-refractivity contribution in [1.82, 2.24) is 5.43 Å². The van der Waals surface area contributed by atoms with Crippen LogP contribution in [0.3, 0.4) is 0 Å². The van der Waals surface area contributed by atoms with Gasteiger partial charge in [0.2, 0.25) is 5.75 Å². The van der Waals surface area contributed by atoms with Gasteiger partial charge >= 0.3 is 0 Å². The summed E-state index contributed by atoms with van der Waals surface area (Å²) in [5, 5.41) is 13.7. The first-order chi connectivity index (χ1) is 11.0. The summed E-state index contributed by atoms with van der Waals surface area (Å²) >= 11 is 0. The monoisotopic (exact) mass is 314 g/mol. The second-order valence-corrected chi connectivity index (χ2v) is 4.84. The zero-order valence-corrected chi connectivity index (χ0v) is 13.2. The number of methoxy groups -OCH3 is 2. The third-order valence-electron chi connectivity index (χ3n) is 3.20. The molecule has 0 heterocycles. The van der Waals surface area contributed by atoms with E-state index in [0.29, 0.717) is 11.1 Å². The lowest BCUT2D eigenvalue weighted by atomic mass is 10.1. The molecule has 23 heavy (non-hydrogen) atoms. The van der Waals surface area contributed by atoms with Crippen molar-refractivity contribution >= 4 is 12.1 Å². The number of hydrogen-bond donors (Lipinski definition) is 2. The van der Waals surface area contributed by atoms with Crippen LogP contribution in [-0.4, -0.2) is 31.4 Å². The summed E-state index contributed by atoms with van der Waals surface area (Å²) in [7, 11) is 2.88. The molecule has 0 aromatic heterocycles. The number of hydrazone groups is 1. The Balaban J connectivity index is 2.11. The lowest BCUT2D eigenvalue weighted by Gasteiger charge is -2.09. The van der Waals surface area contributed by atoms with Crippen molar-refractivity contribution in [3.8, 4) is 17.2 Å². The van der Waals surface area contributed by atoms with Gasteiger partial charge in [0.15, 0.2) is 11.5 Å². The molecular formula is C17H18N2O4. The van der Waals surface area contributed by atoms with Gasteiger partial charge in [-0.15, -0.1) is 0 Å². The number of carbonyl (C=O) groups is 1. The van der Waals surface area contributed by atoms with E-state index in [1.807, 2.05) is 19.1 Å². The molecule has 1 amide bonds. The number of ether oxygens (including phenoxy) is 2. The topological polar surface area (TPSA) is 80.2 Å². The number of aromatic hydroxyl groups is 1. The van der Waals surface area contributed by atoms with E-state index >= 15 is 0 Å². The summed E-state index contributed by atoms with van der Waals surface area (Å²) in [6, 6.07) is 10.3. The number of benzene rings is 2. The number of amides is 1. The predicted octanol–water partition coefficient (Wildman–Crippen LogP) is 2.48. The van der Waals surface area contributed by atoms with Crippen LogP contribution in [0.1, 0.15) is 21.5 Å². The highest BCUT2D eigenvalue weighted by molar-refractivity contribution is 5.95. The van der Waals surface area contributed by atoms with Crippen LogP contribution in [0.15, 0.2) is 41.5 Å². The minimum atomic E-state index is -0.307. The summed E-state index contributed by atoms with van der Waals surface area (Å²) in [6.07, 6.45) is 1.44. The molecule has 2 rings (SSSR count). The lowest BCUT2D eigenvalue weighted by Crippen LogP contribution is -2.17. The van der Waals surface area contributed by atoms with Gasteiger partial charge in [0.25, 0.3) is 5.91 Å². The molecule has 0 fully saturated rings. The fraction of sp³-hybridized carbons (Fsp3) is 0.176. The van der Waals surface area contributed by atoms with Gasteiger partial charge in [-0.3, -0.25) is 4.79 Å². The Labute approximate surface area is 134 Å². The van der Waals surface area contributed by atoms with Gasteiger partial charge in [0, 0.05) is 11.1 Å². The molecule has 0 bridgehead atoms. The fourth-order valence-corrected chi connectivity index (χ4v) is 1.92. The van der Waals surface area contributed by atoms with Crippen molar-refractivity contribution in [2.75, 3.05) is 14.2 Å². The van der Waals surface area contributed by atoms with E-state index in [2.05, 4.69) is 10.5 Å². The number of aryl methyl sites for hydroxylation is 1. The van der Waals surface area contributed by atoms with Crippen molar-refractivity contribution in [2.45, 2.75) is 6.92 Å². The summed E-state index contributed by atoms with van der Waals surface area (Å²) < 4.78 is 10.1. The highest BCUT2D eigenvalue weighted by Gasteiger charge is 2.10. The molecule has 0 atom stereocenters. The molecule has 0 saturated heterocycles. The maximum absolute atomic E-state index is 11.9. The Kier molecular flexibility index (Phi) is 5.19. The first kappa shape index (κ1) is 16.4. The number of phenolic OH excluding ortho intramolecular Hbond substituents is 1. The van der Waals surface area contributed by atoms with Crippen LogP contribution >= 0.6 is 0 Å². The Morgan fingerprint density at radius 1 is 1.13 bits per heavy atom. The number of nitrogens with one attached hydrogen (secondary N) is 1. The van der Waals surface area contributed by atoms with Gasteiger partial charge in [0.1, 0.15) is 0 Å². The molecule has 0 spiro atoms. The number of carbonyl (C=O) groups excluding carboxylic acids is 1. The molecule has 0 aliphatic carbocycles. The second kappa shape index (κ2) is 7.31. The van der Waals surface area contributed by atoms with Crippen LogP contribution in [-0.2, 0) is 0 Å². The maximum Gasteiger partial charge on any atom is 0.271 e. The Morgan fingerprint density at radius 2 is 1.70 bits per heavy atom. The van der Waals surface area contributed by atoms with Crippen molar-refractivity contribution in [3.05, 3.63) is 53.1 Å². The van der Waals surface area contributed by atoms with Crippen molar-refractivity contribution in [1.29, 1.82) is 0 Å².